The van der Waals surface area contributed by atoms with E-state index in [9.17, 15) is 4.79 Å². The van der Waals surface area contributed by atoms with Gasteiger partial charge in [-0.05, 0) is 19.9 Å². The fourth-order valence-corrected chi connectivity index (χ4v) is 2.63. The van der Waals surface area contributed by atoms with Crippen LogP contribution in [-0.4, -0.2) is 27.8 Å². The summed E-state index contributed by atoms with van der Waals surface area (Å²) in [5.74, 6) is 0. The average molecular weight is 241 g/mol. The average Bonchev–Trinajstić information content (AvgIpc) is 2.17. The van der Waals surface area contributed by atoms with E-state index in [1.54, 1.807) is 18.0 Å². The highest BCUT2D eigenvalue weighted by Gasteiger charge is 2.10. The zero-order valence-electron chi connectivity index (χ0n) is 9.99. The summed E-state index contributed by atoms with van der Waals surface area (Å²) in [6.07, 6.45) is 2.60. The fourth-order valence-electron chi connectivity index (χ4n) is 1.58. The smallest absolute Gasteiger partial charge is 0.251 e. The van der Waals surface area contributed by atoms with Gasteiger partial charge in [0.05, 0.1) is 0 Å². The lowest BCUT2D eigenvalue weighted by molar-refractivity contribution is 0.529. The number of aromatic nitrogens is 2. The van der Waals surface area contributed by atoms with Crippen molar-refractivity contribution in [3.05, 3.63) is 22.6 Å². The largest absolute Gasteiger partial charge is 0.314 e. The van der Waals surface area contributed by atoms with E-state index in [4.69, 9.17) is 0 Å². The van der Waals surface area contributed by atoms with Crippen molar-refractivity contribution >= 4 is 11.8 Å². The molecule has 1 rings (SSSR count). The molecule has 0 aromatic carbocycles. The molecule has 2 atom stereocenters. The Bertz CT molecular complexity index is 366. The third-order valence-electron chi connectivity index (χ3n) is 2.20. The van der Waals surface area contributed by atoms with Crippen molar-refractivity contribution in [1.29, 1.82) is 0 Å². The van der Waals surface area contributed by atoms with Crippen molar-refractivity contribution in [2.45, 2.75) is 43.6 Å². The topological polar surface area (TPSA) is 57.8 Å². The summed E-state index contributed by atoms with van der Waals surface area (Å²) in [6, 6.07) is 1.92. The van der Waals surface area contributed by atoms with Gasteiger partial charge < -0.3 is 10.3 Å². The summed E-state index contributed by atoms with van der Waals surface area (Å²) in [7, 11) is 0. The molecule has 4 nitrogen and oxygen atoms in total. The van der Waals surface area contributed by atoms with Crippen LogP contribution in [0.4, 0.5) is 0 Å². The molecule has 2 N–H and O–H groups in total. The number of thioether (sulfide) groups is 1. The van der Waals surface area contributed by atoms with Gasteiger partial charge in [0.25, 0.3) is 5.56 Å². The van der Waals surface area contributed by atoms with Crippen LogP contribution >= 0.6 is 11.8 Å². The summed E-state index contributed by atoms with van der Waals surface area (Å²) in [5, 5.41) is 4.50. The number of aromatic amines is 1. The predicted octanol–water partition coefficient (Wildman–Crippen LogP) is 1.64. The molecule has 2 unspecified atom stereocenters. The predicted molar refractivity (Wildman–Crippen MR) is 67.9 cm³/mol. The van der Waals surface area contributed by atoms with E-state index >= 15 is 0 Å². The van der Waals surface area contributed by atoms with Gasteiger partial charge in [0.15, 0.2) is 5.16 Å². The molecule has 0 saturated heterocycles. The molecule has 0 bridgehead atoms. The van der Waals surface area contributed by atoms with Crippen LogP contribution in [-0.2, 0) is 0 Å². The van der Waals surface area contributed by atoms with Gasteiger partial charge in [-0.3, -0.25) is 4.79 Å². The van der Waals surface area contributed by atoms with Crippen molar-refractivity contribution in [2.24, 2.45) is 0 Å². The Morgan fingerprint density at radius 2 is 2.31 bits per heavy atom. The fraction of sp³-hybridized carbons (Fsp3) is 0.636. The first-order chi connectivity index (χ1) is 7.61. The van der Waals surface area contributed by atoms with Gasteiger partial charge in [0, 0.05) is 23.6 Å². The van der Waals surface area contributed by atoms with Gasteiger partial charge in [-0.1, -0.05) is 25.6 Å². The SMILES string of the molecule is CCNC(C)CC(C)Sc1nccc(=O)[nH]1. The number of hydrogen-bond acceptors (Lipinski definition) is 4. The Hall–Kier alpha value is -0.810. The first-order valence-corrected chi connectivity index (χ1v) is 6.45. The number of nitrogens with one attached hydrogen (secondary N) is 2. The third kappa shape index (κ3) is 4.81. The molecule has 1 heterocycles. The molecule has 0 aliphatic rings. The Kier molecular flexibility index (Phi) is 5.55. The summed E-state index contributed by atoms with van der Waals surface area (Å²) < 4.78 is 0. The molecule has 90 valence electrons. The zero-order valence-corrected chi connectivity index (χ0v) is 10.8. The summed E-state index contributed by atoms with van der Waals surface area (Å²) in [5.41, 5.74) is -0.0931. The van der Waals surface area contributed by atoms with E-state index in [0.29, 0.717) is 16.4 Å². The molecule has 1 aromatic heterocycles. The molecule has 16 heavy (non-hydrogen) atoms. The van der Waals surface area contributed by atoms with Crippen LogP contribution in [0, 0.1) is 0 Å². The Morgan fingerprint density at radius 1 is 1.56 bits per heavy atom. The van der Waals surface area contributed by atoms with Crippen LogP contribution in [0.2, 0.25) is 0 Å². The highest BCUT2D eigenvalue weighted by molar-refractivity contribution is 7.99. The number of nitrogens with zero attached hydrogens (tertiary/aromatic N) is 1. The second-order valence-corrected chi connectivity index (χ2v) is 5.29. The minimum atomic E-state index is -0.0931. The van der Waals surface area contributed by atoms with Crippen molar-refractivity contribution < 1.29 is 0 Å². The summed E-state index contributed by atoms with van der Waals surface area (Å²) in [4.78, 5) is 17.9. The molecule has 5 heteroatoms. The molecule has 1 aromatic rings. The third-order valence-corrected chi connectivity index (χ3v) is 3.22. The maximum Gasteiger partial charge on any atom is 0.251 e. The maximum atomic E-state index is 11.1. The van der Waals surface area contributed by atoms with Crippen LogP contribution < -0.4 is 10.9 Å². The highest BCUT2D eigenvalue weighted by Crippen LogP contribution is 2.21. The standard InChI is InChI=1S/C11H19N3OS/c1-4-12-8(2)7-9(3)16-11-13-6-5-10(15)14-11/h5-6,8-9,12H,4,7H2,1-3H3,(H,13,14,15). The maximum absolute atomic E-state index is 11.1. The van der Waals surface area contributed by atoms with E-state index in [0.717, 1.165) is 13.0 Å². The monoisotopic (exact) mass is 241 g/mol. The van der Waals surface area contributed by atoms with E-state index in [2.05, 4.69) is 36.1 Å². The minimum Gasteiger partial charge on any atom is -0.314 e. The van der Waals surface area contributed by atoms with Gasteiger partial charge in [0.2, 0.25) is 0 Å². The summed E-state index contributed by atoms with van der Waals surface area (Å²) in [6.45, 7) is 7.40. The van der Waals surface area contributed by atoms with Crippen molar-refractivity contribution in [1.82, 2.24) is 15.3 Å². The second kappa shape index (κ2) is 6.70. The molecular weight excluding hydrogens is 222 g/mol. The lowest BCUT2D eigenvalue weighted by Gasteiger charge is -2.16. The molecule has 0 amide bonds. The number of rotatable bonds is 6. The highest BCUT2D eigenvalue weighted by atomic mass is 32.2. The van der Waals surface area contributed by atoms with Gasteiger partial charge in [-0.25, -0.2) is 4.98 Å². The lowest BCUT2D eigenvalue weighted by Crippen LogP contribution is -2.28. The van der Waals surface area contributed by atoms with Crippen molar-refractivity contribution in [3.8, 4) is 0 Å². The molecule has 0 radical (unpaired) electrons. The number of hydrogen-bond donors (Lipinski definition) is 2. The number of H-pyrrole nitrogens is 1. The van der Waals surface area contributed by atoms with Gasteiger partial charge in [-0.15, -0.1) is 0 Å². The Labute approximate surface area is 100 Å². The van der Waals surface area contributed by atoms with E-state index in [-0.39, 0.29) is 5.56 Å². The van der Waals surface area contributed by atoms with E-state index in [1.165, 1.54) is 6.07 Å². The molecule has 0 aliphatic carbocycles. The van der Waals surface area contributed by atoms with Crippen LogP contribution in [0.25, 0.3) is 0 Å². The zero-order chi connectivity index (χ0) is 12.0. The van der Waals surface area contributed by atoms with Crippen LogP contribution in [0.1, 0.15) is 27.2 Å². The Morgan fingerprint density at radius 3 is 2.94 bits per heavy atom. The molecular formula is C11H19N3OS. The van der Waals surface area contributed by atoms with E-state index in [1.807, 2.05) is 0 Å². The first kappa shape index (κ1) is 13.3. The minimum absolute atomic E-state index is 0.0931. The molecule has 0 saturated carbocycles. The van der Waals surface area contributed by atoms with Gasteiger partial charge in [0.1, 0.15) is 0 Å². The summed E-state index contributed by atoms with van der Waals surface area (Å²) >= 11 is 1.61. The Balaban J connectivity index is 2.45. The van der Waals surface area contributed by atoms with Gasteiger partial charge >= 0.3 is 0 Å². The van der Waals surface area contributed by atoms with Crippen LogP contribution in [0.15, 0.2) is 22.2 Å². The second-order valence-electron chi connectivity index (χ2n) is 3.86. The van der Waals surface area contributed by atoms with Gasteiger partial charge in [-0.2, -0.15) is 0 Å². The van der Waals surface area contributed by atoms with Crippen molar-refractivity contribution in [3.63, 3.8) is 0 Å². The molecule has 0 spiro atoms. The lowest BCUT2D eigenvalue weighted by atomic mass is 10.2. The van der Waals surface area contributed by atoms with Crippen LogP contribution in [0.5, 0.6) is 0 Å². The van der Waals surface area contributed by atoms with E-state index < -0.39 is 0 Å². The first-order valence-electron chi connectivity index (χ1n) is 5.57. The normalized spacial score (nSPS) is 14.7. The van der Waals surface area contributed by atoms with Crippen LogP contribution in [0.3, 0.4) is 0 Å². The molecule has 0 fully saturated rings. The van der Waals surface area contributed by atoms with Crippen molar-refractivity contribution in [2.75, 3.05) is 6.54 Å². The molecule has 0 aliphatic heterocycles. The quantitative estimate of drug-likeness (QED) is 0.587.